The third-order valence-electron chi connectivity index (χ3n) is 5.90. The van der Waals surface area contributed by atoms with Crippen LogP contribution in [-0.2, 0) is 24.4 Å². The van der Waals surface area contributed by atoms with Gasteiger partial charge in [-0.25, -0.2) is 4.98 Å². The van der Waals surface area contributed by atoms with Gasteiger partial charge in [0, 0.05) is 34.1 Å². The van der Waals surface area contributed by atoms with Crippen LogP contribution < -0.4 is 4.74 Å². The Morgan fingerprint density at radius 1 is 1.03 bits per heavy atom. The predicted molar refractivity (Wildman–Crippen MR) is 135 cm³/mol. The molecule has 0 amide bonds. The molecule has 0 saturated heterocycles. The molecule has 2 heterocycles. The number of aliphatic carboxylic acids is 1. The number of aromatic nitrogens is 2. The number of carboxylic acids is 1. The lowest BCUT2D eigenvalue weighted by Gasteiger charge is -2.09. The van der Waals surface area contributed by atoms with E-state index >= 15 is 0 Å². The molecule has 5 nitrogen and oxygen atoms in total. The molecule has 5 rings (SSSR count). The lowest BCUT2D eigenvalue weighted by Crippen LogP contribution is -2.05. The van der Waals surface area contributed by atoms with E-state index in [1.807, 2.05) is 79.0 Å². The topological polar surface area (TPSA) is 64.3 Å². The number of ether oxygens (including phenoxy) is 1. The molecule has 5 aromatic rings. The quantitative estimate of drug-likeness (QED) is 0.289. The summed E-state index contributed by atoms with van der Waals surface area (Å²) in [6, 6.07) is 26.2. The minimum Gasteiger partial charge on any atom is -0.487 e. The van der Waals surface area contributed by atoms with Crippen LogP contribution in [0.1, 0.15) is 22.5 Å². The standard InChI is InChI=1S/C28H24N2O3S/c1-19-24(15-27(31)32)25-14-23(12-13-26(25)30(19)16-20-8-4-2-5-9-20)33-17-22-18-34-28(29-22)21-10-6-3-7-11-21/h2-14,18H,15-17H2,1H3,(H,31,32). The lowest BCUT2D eigenvalue weighted by atomic mass is 10.1. The zero-order valence-corrected chi connectivity index (χ0v) is 19.6. The van der Waals surface area contributed by atoms with E-state index in [0.29, 0.717) is 18.9 Å². The van der Waals surface area contributed by atoms with Crippen molar-refractivity contribution in [1.82, 2.24) is 9.55 Å². The average Bonchev–Trinajstić information content (AvgIpc) is 3.43. The predicted octanol–water partition coefficient (Wildman–Crippen LogP) is 6.33. The van der Waals surface area contributed by atoms with E-state index in [1.54, 1.807) is 11.3 Å². The van der Waals surface area contributed by atoms with Crippen LogP contribution in [-0.4, -0.2) is 20.6 Å². The van der Waals surface area contributed by atoms with Gasteiger partial charge in [-0.2, -0.15) is 0 Å². The summed E-state index contributed by atoms with van der Waals surface area (Å²) in [5.41, 5.74) is 5.92. The first-order valence-electron chi connectivity index (χ1n) is 11.1. The van der Waals surface area contributed by atoms with Gasteiger partial charge in [0.25, 0.3) is 0 Å². The molecule has 0 unspecified atom stereocenters. The molecule has 0 spiro atoms. The number of carboxylic acid groups (broad SMARTS) is 1. The van der Waals surface area contributed by atoms with E-state index < -0.39 is 5.97 Å². The number of fused-ring (bicyclic) bond motifs is 1. The molecule has 34 heavy (non-hydrogen) atoms. The molecule has 1 N–H and O–H groups in total. The number of rotatable bonds is 8. The molecule has 0 aliphatic heterocycles. The zero-order valence-electron chi connectivity index (χ0n) is 18.8. The highest BCUT2D eigenvalue weighted by molar-refractivity contribution is 7.13. The van der Waals surface area contributed by atoms with Crippen molar-refractivity contribution in [2.24, 2.45) is 0 Å². The van der Waals surface area contributed by atoms with Gasteiger partial charge in [-0.15, -0.1) is 11.3 Å². The fourth-order valence-corrected chi connectivity index (χ4v) is 5.02. The summed E-state index contributed by atoms with van der Waals surface area (Å²) < 4.78 is 8.24. The minimum absolute atomic E-state index is 0.0277. The van der Waals surface area contributed by atoms with Gasteiger partial charge in [0.2, 0.25) is 0 Å². The first kappa shape index (κ1) is 21.9. The van der Waals surface area contributed by atoms with Crippen LogP contribution in [0.15, 0.2) is 84.2 Å². The van der Waals surface area contributed by atoms with Crippen molar-refractivity contribution >= 4 is 28.2 Å². The third kappa shape index (κ3) is 4.58. The minimum atomic E-state index is -0.843. The van der Waals surface area contributed by atoms with E-state index in [1.165, 1.54) is 5.56 Å². The maximum atomic E-state index is 11.6. The summed E-state index contributed by atoms with van der Waals surface area (Å²) >= 11 is 1.60. The van der Waals surface area contributed by atoms with Crippen molar-refractivity contribution in [2.75, 3.05) is 0 Å². The molecule has 0 bridgehead atoms. The van der Waals surface area contributed by atoms with E-state index in [4.69, 9.17) is 9.72 Å². The molecule has 0 saturated carbocycles. The van der Waals surface area contributed by atoms with Gasteiger partial charge in [0.1, 0.15) is 17.4 Å². The Bertz CT molecular complexity index is 1440. The van der Waals surface area contributed by atoms with E-state index in [-0.39, 0.29) is 6.42 Å². The number of thiazole rings is 1. The SMILES string of the molecule is Cc1c(CC(=O)O)c2cc(OCc3csc(-c4ccccc4)n3)ccc2n1Cc1ccccc1. The zero-order chi connectivity index (χ0) is 23.5. The molecule has 0 radical (unpaired) electrons. The molecular formula is C28H24N2O3S. The summed E-state index contributed by atoms with van der Waals surface area (Å²) in [6.07, 6.45) is -0.0277. The van der Waals surface area contributed by atoms with Gasteiger partial charge in [-0.1, -0.05) is 60.7 Å². The van der Waals surface area contributed by atoms with Crippen molar-refractivity contribution in [3.8, 4) is 16.3 Å². The van der Waals surface area contributed by atoms with Gasteiger partial charge in [-0.05, 0) is 36.2 Å². The van der Waals surface area contributed by atoms with Gasteiger partial charge >= 0.3 is 5.97 Å². The molecule has 2 aromatic heterocycles. The van der Waals surface area contributed by atoms with Crippen LogP contribution in [0.4, 0.5) is 0 Å². The summed E-state index contributed by atoms with van der Waals surface area (Å²) in [6.45, 7) is 3.03. The first-order valence-corrected chi connectivity index (χ1v) is 12.0. The van der Waals surface area contributed by atoms with Crippen LogP contribution in [0.25, 0.3) is 21.5 Å². The number of nitrogens with zero attached hydrogens (tertiary/aromatic N) is 2. The Hall–Kier alpha value is -3.90. The van der Waals surface area contributed by atoms with Crippen LogP contribution in [0.5, 0.6) is 5.75 Å². The molecule has 170 valence electrons. The van der Waals surface area contributed by atoms with E-state index in [9.17, 15) is 9.90 Å². The Balaban J connectivity index is 1.42. The van der Waals surface area contributed by atoms with Crippen LogP contribution >= 0.6 is 11.3 Å². The molecule has 6 heteroatoms. The third-order valence-corrected chi connectivity index (χ3v) is 6.84. The van der Waals surface area contributed by atoms with Gasteiger partial charge in [-0.3, -0.25) is 4.79 Å². The fourth-order valence-electron chi connectivity index (χ4n) is 4.21. The highest BCUT2D eigenvalue weighted by Crippen LogP contribution is 2.31. The summed E-state index contributed by atoms with van der Waals surface area (Å²) in [7, 11) is 0. The Kier molecular flexibility index (Phi) is 6.14. The van der Waals surface area contributed by atoms with Crippen LogP contribution in [0, 0.1) is 6.92 Å². The number of hydrogen-bond acceptors (Lipinski definition) is 4. The maximum Gasteiger partial charge on any atom is 0.307 e. The molecule has 0 aliphatic carbocycles. The van der Waals surface area contributed by atoms with Gasteiger partial charge < -0.3 is 14.4 Å². The second kappa shape index (κ2) is 9.53. The highest BCUT2D eigenvalue weighted by Gasteiger charge is 2.17. The fraction of sp³-hybridized carbons (Fsp3) is 0.143. The van der Waals surface area contributed by atoms with Crippen molar-refractivity contribution in [2.45, 2.75) is 26.5 Å². The Morgan fingerprint density at radius 3 is 2.50 bits per heavy atom. The second-order valence-corrected chi connectivity index (χ2v) is 9.04. The van der Waals surface area contributed by atoms with E-state index in [0.717, 1.165) is 38.4 Å². The number of carbonyl (C=O) groups is 1. The van der Waals surface area contributed by atoms with Gasteiger partial charge in [0.15, 0.2) is 0 Å². The van der Waals surface area contributed by atoms with Gasteiger partial charge in [0.05, 0.1) is 12.1 Å². The highest BCUT2D eigenvalue weighted by atomic mass is 32.1. The molecule has 0 atom stereocenters. The van der Waals surface area contributed by atoms with Crippen LogP contribution in [0.2, 0.25) is 0 Å². The lowest BCUT2D eigenvalue weighted by molar-refractivity contribution is -0.136. The summed E-state index contributed by atoms with van der Waals surface area (Å²) in [4.78, 5) is 16.3. The maximum absolute atomic E-state index is 11.6. The average molecular weight is 469 g/mol. The van der Waals surface area contributed by atoms with Crippen molar-refractivity contribution in [1.29, 1.82) is 0 Å². The number of hydrogen-bond donors (Lipinski definition) is 1. The smallest absolute Gasteiger partial charge is 0.307 e. The molecular weight excluding hydrogens is 444 g/mol. The molecule has 3 aromatic carbocycles. The van der Waals surface area contributed by atoms with Crippen molar-refractivity contribution in [3.05, 3.63) is 107 Å². The summed E-state index contributed by atoms with van der Waals surface area (Å²) in [5, 5.41) is 13.4. The monoisotopic (exact) mass is 468 g/mol. The van der Waals surface area contributed by atoms with E-state index in [2.05, 4.69) is 16.7 Å². The first-order chi connectivity index (χ1) is 16.6. The van der Waals surface area contributed by atoms with Crippen LogP contribution in [0.3, 0.4) is 0 Å². The van der Waals surface area contributed by atoms with Crippen molar-refractivity contribution < 1.29 is 14.6 Å². The number of benzene rings is 3. The summed E-state index contributed by atoms with van der Waals surface area (Å²) in [5.74, 6) is -0.144. The Labute approximate surface area is 201 Å². The second-order valence-electron chi connectivity index (χ2n) is 8.18. The largest absolute Gasteiger partial charge is 0.487 e. The Morgan fingerprint density at radius 2 is 1.76 bits per heavy atom. The normalized spacial score (nSPS) is 11.1. The molecule has 0 aliphatic rings. The van der Waals surface area contributed by atoms with Crippen molar-refractivity contribution in [3.63, 3.8) is 0 Å². The molecule has 0 fully saturated rings.